The summed E-state index contributed by atoms with van der Waals surface area (Å²) in [5.41, 5.74) is 0. The molecule has 0 fully saturated rings. The quantitative estimate of drug-likeness (QED) is 0.763. The topological polar surface area (TPSA) is 66.0 Å². The SMILES string of the molecule is CCCc1noc(COc2cnn(C)c2)n1. The van der Waals surface area contributed by atoms with Gasteiger partial charge in [-0.25, -0.2) is 0 Å². The molecular formula is C10H14N4O2. The van der Waals surface area contributed by atoms with Crippen molar-refractivity contribution in [2.75, 3.05) is 0 Å². The molecule has 2 heterocycles. The maximum absolute atomic E-state index is 5.42. The highest BCUT2D eigenvalue weighted by Crippen LogP contribution is 2.09. The second-order valence-corrected chi connectivity index (χ2v) is 3.49. The zero-order valence-electron chi connectivity index (χ0n) is 9.38. The van der Waals surface area contributed by atoms with Crippen molar-refractivity contribution in [1.29, 1.82) is 0 Å². The standard InChI is InChI=1S/C10H14N4O2/c1-3-4-9-12-10(16-13-9)7-15-8-5-11-14(2)6-8/h5-6H,3-4,7H2,1-2H3. The molecule has 0 saturated carbocycles. The molecule has 0 saturated heterocycles. The monoisotopic (exact) mass is 222 g/mol. The molecule has 0 N–H and O–H groups in total. The van der Waals surface area contributed by atoms with Gasteiger partial charge in [-0.2, -0.15) is 10.1 Å². The summed E-state index contributed by atoms with van der Waals surface area (Å²) in [4.78, 5) is 4.19. The molecular weight excluding hydrogens is 208 g/mol. The van der Waals surface area contributed by atoms with Crippen LogP contribution in [-0.2, 0) is 20.1 Å². The van der Waals surface area contributed by atoms with E-state index >= 15 is 0 Å². The van der Waals surface area contributed by atoms with E-state index in [4.69, 9.17) is 9.26 Å². The Morgan fingerprint density at radius 2 is 2.38 bits per heavy atom. The van der Waals surface area contributed by atoms with Crippen LogP contribution in [0.15, 0.2) is 16.9 Å². The lowest BCUT2D eigenvalue weighted by atomic mass is 10.3. The third-order valence-electron chi connectivity index (χ3n) is 2.03. The van der Waals surface area contributed by atoms with E-state index in [1.807, 2.05) is 7.05 Å². The van der Waals surface area contributed by atoms with E-state index in [0.29, 0.717) is 11.6 Å². The van der Waals surface area contributed by atoms with Gasteiger partial charge in [0.25, 0.3) is 5.89 Å². The van der Waals surface area contributed by atoms with Crippen LogP contribution in [0.2, 0.25) is 0 Å². The van der Waals surface area contributed by atoms with Gasteiger partial charge in [0.1, 0.15) is 0 Å². The minimum atomic E-state index is 0.280. The minimum absolute atomic E-state index is 0.280. The molecule has 0 aliphatic carbocycles. The Balaban J connectivity index is 1.89. The Hall–Kier alpha value is -1.85. The number of ether oxygens (including phenoxy) is 1. The van der Waals surface area contributed by atoms with Gasteiger partial charge in [0.05, 0.1) is 12.4 Å². The Bertz CT molecular complexity index is 449. The van der Waals surface area contributed by atoms with Crippen LogP contribution in [0.4, 0.5) is 0 Å². The summed E-state index contributed by atoms with van der Waals surface area (Å²) in [5.74, 6) is 1.91. The molecule has 0 aromatic carbocycles. The van der Waals surface area contributed by atoms with E-state index in [1.54, 1.807) is 17.1 Å². The first kappa shape index (κ1) is 10.7. The van der Waals surface area contributed by atoms with Crippen LogP contribution in [0.3, 0.4) is 0 Å². The summed E-state index contributed by atoms with van der Waals surface area (Å²) in [7, 11) is 1.83. The second-order valence-electron chi connectivity index (χ2n) is 3.49. The molecule has 0 atom stereocenters. The molecule has 2 rings (SSSR count). The van der Waals surface area contributed by atoms with Gasteiger partial charge in [-0.1, -0.05) is 12.1 Å². The molecule has 0 unspecified atom stereocenters. The van der Waals surface area contributed by atoms with Gasteiger partial charge in [-0.3, -0.25) is 4.68 Å². The maximum atomic E-state index is 5.42. The fraction of sp³-hybridized carbons (Fsp3) is 0.500. The summed E-state index contributed by atoms with van der Waals surface area (Å²) in [6.45, 7) is 2.35. The number of aromatic nitrogens is 4. The van der Waals surface area contributed by atoms with Crippen molar-refractivity contribution in [2.24, 2.45) is 7.05 Å². The van der Waals surface area contributed by atoms with E-state index in [0.717, 1.165) is 18.7 Å². The third kappa shape index (κ3) is 2.59. The molecule has 2 aromatic heterocycles. The number of rotatable bonds is 5. The average molecular weight is 222 g/mol. The van der Waals surface area contributed by atoms with Gasteiger partial charge in [0, 0.05) is 13.5 Å². The first-order chi connectivity index (χ1) is 7.78. The Labute approximate surface area is 93.2 Å². The van der Waals surface area contributed by atoms with E-state index in [9.17, 15) is 0 Å². The summed E-state index contributed by atoms with van der Waals surface area (Å²) >= 11 is 0. The van der Waals surface area contributed by atoms with Crippen molar-refractivity contribution in [1.82, 2.24) is 19.9 Å². The molecule has 6 heteroatoms. The van der Waals surface area contributed by atoms with Crippen LogP contribution in [-0.4, -0.2) is 19.9 Å². The maximum Gasteiger partial charge on any atom is 0.264 e. The molecule has 2 aromatic rings. The first-order valence-electron chi connectivity index (χ1n) is 5.21. The zero-order chi connectivity index (χ0) is 11.4. The summed E-state index contributed by atoms with van der Waals surface area (Å²) < 4.78 is 12.1. The van der Waals surface area contributed by atoms with Crippen LogP contribution in [0.5, 0.6) is 5.75 Å². The molecule has 0 aliphatic rings. The second kappa shape index (κ2) is 4.78. The van der Waals surface area contributed by atoms with Crippen molar-refractivity contribution >= 4 is 0 Å². The van der Waals surface area contributed by atoms with Gasteiger partial charge in [0.15, 0.2) is 18.2 Å². The Morgan fingerprint density at radius 1 is 1.50 bits per heavy atom. The van der Waals surface area contributed by atoms with Gasteiger partial charge >= 0.3 is 0 Å². The molecule has 86 valence electrons. The number of aryl methyl sites for hydroxylation is 2. The third-order valence-corrected chi connectivity index (χ3v) is 2.03. The highest BCUT2D eigenvalue weighted by molar-refractivity contribution is 5.11. The highest BCUT2D eigenvalue weighted by atomic mass is 16.5. The molecule has 6 nitrogen and oxygen atoms in total. The summed E-state index contributed by atoms with van der Waals surface area (Å²) in [5, 5.41) is 7.83. The van der Waals surface area contributed by atoms with Gasteiger partial charge in [0.2, 0.25) is 0 Å². The van der Waals surface area contributed by atoms with Gasteiger partial charge < -0.3 is 9.26 Å². The first-order valence-corrected chi connectivity index (χ1v) is 5.21. The van der Waals surface area contributed by atoms with Gasteiger partial charge in [-0.05, 0) is 6.42 Å². The lowest BCUT2D eigenvalue weighted by Crippen LogP contribution is -1.95. The fourth-order valence-electron chi connectivity index (χ4n) is 1.29. The van der Waals surface area contributed by atoms with Crippen LogP contribution in [0, 0.1) is 0 Å². The van der Waals surface area contributed by atoms with Crippen molar-refractivity contribution in [3.05, 3.63) is 24.1 Å². The predicted molar refractivity (Wildman–Crippen MR) is 55.8 cm³/mol. The zero-order valence-corrected chi connectivity index (χ0v) is 9.38. The van der Waals surface area contributed by atoms with Crippen LogP contribution in [0.1, 0.15) is 25.1 Å². The molecule has 16 heavy (non-hydrogen) atoms. The van der Waals surface area contributed by atoms with Crippen LogP contribution >= 0.6 is 0 Å². The van der Waals surface area contributed by atoms with Crippen LogP contribution < -0.4 is 4.74 Å². The molecule has 0 radical (unpaired) electrons. The Morgan fingerprint density at radius 3 is 3.06 bits per heavy atom. The molecule has 0 amide bonds. The van der Waals surface area contributed by atoms with E-state index in [2.05, 4.69) is 22.2 Å². The normalized spacial score (nSPS) is 10.6. The predicted octanol–water partition coefficient (Wildman–Crippen LogP) is 1.33. The largest absolute Gasteiger partial charge is 0.480 e. The number of hydrogen-bond acceptors (Lipinski definition) is 5. The summed E-state index contributed by atoms with van der Waals surface area (Å²) in [6, 6.07) is 0. The van der Waals surface area contributed by atoms with E-state index in [-0.39, 0.29) is 6.61 Å². The van der Waals surface area contributed by atoms with Crippen molar-refractivity contribution < 1.29 is 9.26 Å². The molecule has 0 spiro atoms. The minimum Gasteiger partial charge on any atom is -0.480 e. The van der Waals surface area contributed by atoms with E-state index in [1.165, 1.54) is 0 Å². The van der Waals surface area contributed by atoms with Gasteiger partial charge in [-0.15, -0.1) is 0 Å². The van der Waals surface area contributed by atoms with Crippen molar-refractivity contribution in [3.63, 3.8) is 0 Å². The van der Waals surface area contributed by atoms with E-state index < -0.39 is 0 Å². The Kier molecular flexibility index (Phi) is 3.19. The average Bonchev–Trinajstić information content (AvgIpc) is 2.85. The number of nitrogens with zero attached hydrogens (tertiary/aromatic N) is 4. The molecule has 0 aliphatic heterocycles. The fourth-order valence-corrected chi connectivity index (χ4v) is 1.29. The molecule has 0 bridgehead atoms. The lowest BCUT2D eigenvalue weighted by Gasteiger charge is -1.96. The highest BCUT2D eigenvalue weighted by Gasteiger charge is 2.06. The van der Waals surface area contributed by atoms with Crippen LogP contribution in [0.25, 0.3) is 0 Å². The van der Waals surface area contributed by atoms with Crippen molar-refractivity contribution in [3.8, 4) is 5.75 Å². The van der Waals surface area contributed by atoms with Crippen molar-refractivity contribution in [2.45, 2.75) is 26.4 Å². The number of hydrogen-bond donors (Lipinski definition) is 0. The smallest absolute Gasteiger partial charge is 0.264 e. The summed E-state index contributed by atoms with van der Waals surface area (Å²) in [6.07, 6.45) is 5.26. The lowest BCUT2D eigenvalue weighted by molar-refractivity contribution is 0.242.